The lowest BCUT2D eigenvalue weighted by atomic mass is 10.3. The van der Waals surface area contributed by atoms with Gasteiger partial charge in [-0.1, -0.05) is 0 Å². The van der Waals surface area contributed by atoms with Gasteiger partial charge in [-0.15, -0.1) is 0 Å². The van der Waals surface area contributed by atoms with Gasteiger partial charge in [-0.25, -0.2) is 9.97 Å². The minimum Gasteiger partial charge on any atom is -0.382 e. The van der Waals surface area contributed by atoms with E-state index in [1.165, 1.54) is 6.20 Å². The number of hydrogen-bond donors (Lipinski definition) is 3. The molecular formula is C6H9N5. The fourth-order valence-electron chi connectivity index (χ4n) is 0.685. The van der Waals surface area contributed by atoms with Crippen molar-refractivity contribution >= 4 is 11.7 Å². The minimum atomic E-state index is -0.154. The molecule has 1 aromatic rings. The van der Waals surface area contributed by atoms with E-state index in [1.807, 2.05) is 0 Å². The van der Waals surface area contributed by atoms with Crippen LogP contribution in [0.3, 0.4) is 0 Å². The summed E-state index contributed by atoms with van der Waals surface area (Å²) in [5, 5.41) is 7.07. The lowest BCUT2D eigenvalue weighted by Gasteiger charge is -2.00. The first-order valence-electron chi connectivity index (χ1n) is 3.05. The van der Waals surface area contributed by atoms with Crippen LogP contribution in [0.15, 0.2) is 6.20 Å². The van der Waals surface area contributed by atoms with Crippen molar-refractivity contribution in [3.05, 3.63) is 17.6 Å². The average molecular weight is 151 g/mol. The van der Waals surface area contributed by atoms with Gasteiger partial charge in [0.05, 0.1) is 11.9 Å². The lowest BCUT2D eigenvalue weighted by Crippen LogP contribution is -2.17. The summed E-state index contributed by atoms with van der Waals surface area (Å²) in [5.41, 5.74) is 11.5. The first-order valence-corrected chi connectivity index (χ1v) is 3.05. The summed E-state index contributed by atoms with van der Waals surface area (Å²) in [4.78, 5) is 7.73. The Morgan fingerprint density at radius 3 is 2.73 bits per heavy atom. The number of aryl methyl sites for hydroxylation is 1. The lowest BCUT2D eigenvalue weighted by molar-refractivity contribution is 1.10. The highest BCUT2D eigenvalue weighted by Gasteiger charge is 2.04. The predicted molar refractivity (Wildman–Crippen MR) is 42.2 cm³/mol. The van der Waals surface area contributed by atoms with Crippen molar-refractivity contribution in [2.75, 3.05) is 5.73 Å². The molecule has 0 aromatic carbocycles. The molecule has 0 saturated heterocycles. The Balaban J connectivity index is 3.23. The Kier molecular flexibility index (Phi) is 1.72. The van der Waals surface area contributed by atoms with Crippen LogP contribution < -0.4 is 11.5 Å². The number of nitrogens with one attached hydrogen (secondary N) is 1. The number of hydrogen-bond acceptors (Lipinski definition) is 4. The normalized spacial score (nSPS) is 9.55. The van der Waals surface area contributed by atoms with Crippen molar-refractivity contribution in [1.82, 2.24) is 9.97 Å². The molecule has 0 amide bonds. The number of anilines is 1. The summed E-state index contributed by atoms with van der Waals surface area (Å²) in [5.74, 6) is 0.0433. The molecule has 0 aliphatic rings. The van der Waals surface area contributed by atoms with E-state index < -0.39 is 0 Å². The fraction of sp³-hybridized carbons (Fsp3) is 0.167. The van der Waals surface area contributed by atoms with Crippen LogP contribution in [0, 0.1) is 12.3 Å². The molecule has 5 N–H and O–H groups in total. The highest BCUT2D eigenvalue weighted by atomic mass is 14.9. The van der Waals surface area contributed by atoms with E-state index in [4.69, 9.17) is 16.9 Å². The van der Waals surface area contributed by atoms with Crippen molar-refractivity contribution in [3.8, 4) is 0 Å². The zero-order valence-corrected chi connectivity index (χ0v) is 6.13. The van der Waals surface area contributed by atoms with Gasteiger partial charge >= 0.3 is 0 Å². The summed E-state index contributed by atoms with van der Waals surface area (Å²) >= 11 is 0. The van der Waals surface area contributed by atoms with Crippen molar-refractivity contribution in [1.29, 1.82) is 5.41 Å². The van der Waals surface area contributed by atoms with Crippen molar-refractivity contribution in [3.63, 3.8) is 0 Å². The van der Waals surface area contributed by atoms with E-state index in [9.17, 15) is 0 Å². The van der Waals surface area contributed by atoms with Crippen LogP contribution in [0.4, 0.5) is 5.82 Å². The highest BCUT2D eigenvalue weighted by Crippen LogP contribution is 2.03. The van der Waals surface area contributed by atoms with E-state index >= 15 is 0 Å². The zero-order chi connectivity index (χ0) is 8.43. The number of amidine groups is 1. The second-order valence-electron chi connectivity index (χ2n) is 2.16. The van der Waals surface area contributed by atoms with Gasteiger partial charge in [0.2, 0.25) is 0 Å². The molecule has 0 atom stereocenters. The number of aromatic nitrogens is 2. The van der Waals surface area contributed by atoms with Crippen LogP contribution >= 0.6 is 0 Å². The number of rotatable bonds is 1. The van der Waals surface area contributed by atoms with Gasteiger partial charge in [0.15, 0.2) is 5.82 Å². The Morgan fingerprint density at radius 1 is 1.64 bits per heavy atom. The van der Waals surface area contributed by atoms with Gasteiger partial charge in [-0.05, 0) is 6.92 Å². The van der Waals surface area contributed by atoms with Gasteiger partial charge in [-0.3, -0.25) is 5.41 Å². The average Bonchev–Trinajstić information content (AvgIpc) is 1.94. The summed E-state index contributed by atoms with van der Waals surface area (Å²) < 4.78 is 0. The van der Waals surface area contributed by atoms with Crippen LogP contribution in [0.25, 0.3) is 0 Å². The molecule has 0 bridgehead atoms. The molecule has 0 fully saturated rings. The first kappa shape index (κ1) is 7.46. The van der Waals surface area contributed by atoms with Crippen LogP contribution in [0.5, 0.6) is 0 Å². The molecule has 0 saturated carbocycles. The third-order valence-corrected chi connectivity index (χ3v) is 1.18. The summed E-state index contributed by atoms with van der Waals surface area (Å²) in [7, 11) is 0. The number of nitrogens with two attached hydrogens (primary N) is 2. The molecule has 11 heavy (non-hydrogen) atoms. The van der Waals surface area contributed by atoms with Gasteiger partial charge < -0.3 is 11.5 Å². The van der Waals surface area contributed by atoms with Gasteiger partial charge in [0.25, 0.3) is 0 Å². The van der Waals surface area contributed by atoms with E-state index in [2.05, 4.69) is 9.97 Å². The van der Waals surface area contributed by atoms with Crippen molar-refractivity contribution in [2.45, 2.75) is 6.92 Å². The molecule has 0 spiro atoms. The van der Waals surface area contributed by atoms with E-state index in [-0.39, 0.29) is 17.3 Å². The molecule has 0 radical (unpaired) electrons. The fourth-order valence-corrected chi connectivity index (χ4v) is 0.685. The number of nitrogen functional groups attached to an aromatic ring is 2. The smallest absolute Gasteiger partial charge is 0.153 e. The monoisotopic (exact) mass is 151 g/mol. The molecule has 58 valence electrons. The topological polar surface area (TPSA) is 102 Å². The van der Waals surface area contributed by atoms with Crippen LogP contribution in [-0.4, -0.2) is 15.8 Å². The highest BCUT2D eigenvalue weighted by molar-refractivity contribution is 5.96. The summed E-state index contributed by atoms with van der Waals surface area (Å²) in [6.45, 7) is 1.76. The molecule has 0 aliphatic carbocycles. The predicted octanol–water partition coefficient (Wildman–Crippen LogP) is -0.349. The third kappa shape index (κ3) is 1.43. The minimum absolute atomic E-state index is 0.154. The van der Waals surface area contributed by atoms with E-state index in [1.54, 1.807) is 6.92 Å². The quantitative estimate of drug-likeness (QED) is 0.377. The number of nitrogens with zero attached hydrogens (tertiary/aromatic N) is 2. The van der Waals surface area contributed by atoms with Crippen LogP contribution in [0.2, 0.25) is 0 Å². The maximum Gasteiger partial charge on any atom is 0.153 e. The third-order valence-electron chi connectivity index (χ3n) is 1.18. The SMILES string of the molecule is Cc1cnc(N)c(C(=N)N)n1. The Morgan fingerprint density at radius 2 is 2.27 bits per heavy atom. The summed E-state index contributed by atoms with van der Waals surface area (Å²) in [6.07, 6.45) is 1.53. The second-order valence-corrected chi connectivity index (χ2v) is 2.16. The van der Waals surface area contributed by atoms with Crippen LogP contribution in [-0.2, 0) is 0 Å². The molecule has 1 aromatic heterocycles. The molecule has 0 aliphatic heterocycles. The Bertz CT molecular complexity index is 293. The molecular weight excluding hydrogens is 142 g/mol. The largest absolute Gasteiger partial charge is 0.382 e. The van der Waals surface area contributed by atoms with Gasteiger partial charge in [-0.2, -0.15) is 0 Å². The summed E-state index contributed by atoms with van der Waals surface area (Å²) in [6, 6.07) is 0. The van der Waals surface area contributed by atoms with Crippen molar-refractivity contribution in [2.24, 2.45) is 5.73 Å². The zero-order valence-electron chi connectivity index (χ0n) is 6.13. The van der Waals surface area contributed by atoms with Crippen LogP contribution in [0.1, 0.15) is 11.4 Å². The molecule has 1 rings (SSSR count). The maximum absolute atomic E-state index is 7.07. The Hall–Kier alpha value is -1.65. The van der Waals surface area contributed by atoms with E-state index in [0.717, 1.165) is 0 Å². The second kappa shape index (κ2) is 2.53. The van der Waals surface area contributed by atoms with Gasteiger partial charge in [0.1, 0.15) is 11.5 Å². The molecule has 1 heterocycles. The van der Waals surface area contributed by atoms with Crippen molar-refractivity contribution < 1.29 is 0 Å². The van der Waals surface area contributed by atoms with E-state index in [0.29, 0.717) is 5.69 Å². The Labute approximate surface area is 64.0 Å². The molecule has 0 unspecified atom stereocenters. The standard InChI is InChI=1S/C6H9N5/c1-3-2-10-6(9)4(11-3)5(7)8/h2H,1H3,(H3,7,8)(H2,9,10). The first-order chi connectivity index (χ1) is 5.11. The maximum atomic E-state index is 7.07. The molecule has 5 nitrogen and oxygen atoms in total. The molecule has 5 heteroatoms. The van der Waals surface area contributed by atoms with Gasteiger partial charge in [0, 0.05) is 0 Å².